The molecule has 1 aliphatic carbocycles. The third kappa shape index (κ3) is 1.74. The summed E-state index contributed by atoms with van der Waals surface area (Å²) in [6.45, 7) is 5.51. The molecule has 0 saturated heterocycles. The van der Waals surface area contributed by atoms with Crippen molar-refractivity contribution in [2.75, 3.05) is 13.6 Å². The molecule has 3 rings (SSSR count). The number of fused-ring (bicyclic) bond motifs is 3. The quantitative estimate of drug-likeness (QED) is 0.759. The number of phenols is 1. The Hall–Kier alpha value is -1.02. The van der Waals surface area contributed by atoms with E-state index < -0.39 is 0 Å². The number of nitrogens with zero attached hydrogens (tertiary/aromatic N) is 1. The molecule has 98 valence electrons. The van der Waals surface area contributed by atoms with Crippen LogP contribution < -0.4 is 0 Å². The van der Waals surface area contributed by atoms with Gasteiger partial charge in [-0.05, 0) is 61.9 Å². The number of aryl methyl sites for hydroxylation is 1. The molecular weight excluding hydrogens is 222 g/mol. The fourth-order valence-corrected chi connectivity index (χ4v) is 3.94. The van der Waals surface area contributed by atoms with Gasteiger partial charge in [0.1, 0.15) is 5.75 Å². The van der Waals surface area contributed by atoms with Crippen molar-refractivity contribution in [3.05, 3.63) is 28.8 Å². The van der Waals surface area contributed by atoms with Crippen LogP contribution in [0.4, 0.5) is 0 Å². The van der Waals surface area contributed by atoms with E-state index in [2.05, 4.69) is 24.9 Å². The van der Waals surface area contributed by atoms with E-state index in [0.29, 0.717) is 17.7 Å². The molecular formula is C16H23NO. The maximum atomic E-state index is 10.0. The summed E-state index contributed by atoms with van der Waals surface area (Å²) in [7, 11) is 2.26. The van der Waals surface area contributed by atoms with Gasteiger partial charge in [0, 0.05) is 18.5 Å². The summed E-state index contributed by atoms with van der Waals surface area (Å²) in [5, 5.41) is 10.0. The van der Waals surface area contributed by atoms with Gasteiger partial charge in [0.05, 0.1) is 0 Å². The van der Waals surface area contributed by atoms with Crippen LogP contribution in [0.5, 0.6) is 5.75 Å². The van der Waals surface area contributed by atoms with Crippen molar-refractivity contribution >= 4 is 0 Å². The number of phenolic OH excluding ortho intramolecular Hbond substituents is 1. The van der Waals surface area contributed by atoms with E-state index in [1.807, 2.05) is 13.0 Å². The van der Waals surface area contributed by atoms with Crippen LogP contribution in [-0.2, 0) is 6.42 Å². The first-order valence-corrected chi connectivity index (χ1v) is 7.10. The van der Waals surface area contributed by atoms with Crippen LogP contribution in [-0.4, -0.2) is 29.6 Å². The first-order valence-electron chi connectivity index (χ1n) is 7.10. The Morgan fingerprint density at radius 2 is 2.06 bits per heavy atom. The molecule has 1 N–H and O–H groups in total. The van der Waals surface area contributed by atoms with E-state index in [-0.39, 0.29) is 0 Å². The van der Waals surface area contributed by atoms with Crippen LogP contribution in [0.15, 0.2) is 12.1 Å². The Bertz CT molecular complexity index is 468. The van der Waals surface area contributed by atoms with Crippen LogP contribution >= 0.6 is 0 Å². The normalized spacial score (nSPS) is 31.8. The molecule has 1 aromatic carbocycles. The van der Waals surface area contributed by atoms with Gasteiger partial charge in [-0.15, -0.1) is 0 Å². The van der Waals surface area contributed by atoms with Crippen LogP contribution in [0.25, 0.3) is 0 Å². The summed E-state index contributed by atoms with van der Waals surface area (Å²) < 4.78 is 0. The van der Waals surface area contributed by atoms with Crippen molar-refractivity contribution in [3.8, 4) is 5.75 Å². The predicted molar refractivity (Wildman–Crippen MR) is 74.1 cm³/mol. The highest BCUT2D eigenvalue weighted by atomic mass is 16.3. The van der Waals surface area contributed by atoms with Gasteiger partial charge < -0.3 is 10.0 Å². The lowest BCUT2D eigenvalue weighted by Crippen LogP contribution is -2.33. The average Bonchev–Trinajstić information content (AvgIpc) is 2.65. The molecule has 2 aliphatic rings. The average molecular weight is 245 g/mol. The maximum absolute atomic E-state index is 10.0. The van der Waals surface area contributed by atoms with E-state index in [9.17, 15) is 5.11 Å². The molecule has 3 atom stereocenters. The fourth-order valence-electron chi connectivity index (χ4n) is 3.94. The smallest absolute Gasteiger partial charge is 0.118 e. The zero-order valence-corrected chi connectivity index (χ0v) is 11.6. The summed E-state index contributed by atoms with van der Waals surface area (Å²) in [5.41, 5.74) is 3.89. The van der Waals surface area contributed by atoms with Crippen LogP contribution in [0.3, 0.4) is 0 Å². The zero-order chi connectivity index (χ0) is 12.9. The number of rotatable bonds is 0. The Kier molecular flexibility index (Phi) is 2.86. The molecule has 0 amide bonds. The van der Waals surface area contributed by atoms with Crippen molar-refractivity contribution in [2.24, 2.45) is 5.92 Å². The molecule has 1 saturated carbocycles. The minimum atomic E-state index is 0.469. The maximum Gasteiger partial charge on any atom is 0.118 e. The van der Waals surface area contributed by atoms with Crippen LogP contribution in [0.2, 0.25) is 0 Å². The van der Waals surface area contributed by atoms with E-state index in [1.54, 1.807) is 0 Å². The SMILES string of the molecule is Cc1cc2c(cc1O)[C@@H]1C(CC[C@H]1C)N(C)CC2. The Labute approximate surface area is 110 Å². The van der Waals surface area contributed by atoms with E-state index in [0.717, 1.165) is 24.4 Å². The second-order valence-corrected chi connectivity index (χ2v) is 6.22. The fraction of sp³-hybridized carbons (Fsp3) is 0.625. The van der Waals surface area contributed by atoms with Crippen molar-refractivity contribution in [3.63, 3.8) is 0 Å². The molecule has 0 spiro atoms. The molecule has 2 heteroatoms. The van der Waals surface area contributed by atoms with Crippen molar-refractivity contribution < 1.29 is 5.11 Å². The Morgan fingerprint density at radius 3 is 2.83 bits per heavy atom. The summed E-state index contributed by atoms with van der Waals surface area (Å²) >= 11 is 0. The zero-order valence-electron chi connectivity index (χ0n) is 11.6. The van der Waals surface area contributed by atoms with Gasteiger partial charge in [0.2, 0.25) is 0 Å². The molecule has 1 aromatic rings. The van der Waals surface area contributed by atoms with Gasteiger partial charge in [-0.2, -0.15) is 0 Å². The monoisotopic (exact) mass is 245 g/mol. The van der Waals surface area contributed by atoms with Crippen LogP contribution in [0.1, 0.15) is 42.4 Å². The molecule has 0 aromatic heterocycles. The molecule has 1 fully saturated rings. The minimum Gasteiger partial charge on any atom is -0.508 e. The van der Waals surface area contributed by atoms with Crippen molar-refractivity contribution in [2.45, 2.75) is 45.1 Å². The molecule has 1 unspecified atom stereocenters. The number of hydrogen-bond donors (Lipinski definition) is 1. The summed E-state index contributed by atoms with van der Waals surface area (Å²) in [6.07, 6.45) is 3.73. The van der Waals surface area contributed by atoms with Gasteiger partial charge in [-0.25, -0.2) is 0 Å². The van der Waals surface area contributed by atoms with E-state index >= 15 is 0 Å². The van der Waals surface area contributed by atoms with Crippen LogP contribution in [0, 0.1) is 12.8 Å². The first-order chi connectivity index (χ1) is 8.58. The lowest BCUT2D eigenvalue weighted by molar-refractivity contribution is 0.231. The molecule has 1 heterocycles. The second-order valence-electron chi connectivity index (χ2n) is 6.22. The molecule has 1 aliphatic heterocycles. The number of hydrogen-bond acceptors (Lipinski definition) is 2. The number of aromatic hydroxyl groups is 1. The molecule has 0 radical (unpaired) electrons. The Morgan fingerprint density at radius 1 is 1.28 bits per heavy atom. The Balaban J connectivity index is 2.12. The topological polar surface area (TPSA) is 23.5 Å². The minimum absolute atomic E-state index is 0.469. The van der Waals surface area contributed by atoms with E-state index in [1.165, 1.54) is 24.0 Å². The second kappa shape index (κ2) is 4.27. The highest BCUT2D eigenvalue weighted by molar-refractivity contribution is 5.45. The molecule has 2 nitrogen and oxygen atoms in total. The van der Waals surface area contributed by atoms with Gasteiger partial charge in [0.15, 0.2) is 0 Å². The lowest BCUT2D eigenvalue weighted by atomic mass is 9.84. The summed E-state index contributed by atoms with van der Waals surface area (Å²) in [4.78, 5) is 2.53. The third-order valence-electron chi connectivity index (χ3n) is 5.06. The molecule has 18 heavy (non-hydrogen) atoms. The molecule has 0 bridgehead atoms. The highest BCUT2D eigenvalue weighted by Gasteiger charge is 2.39. The number of likely N-dealkylation sites (N-methyl/N-ethyl adjacent to an activating group) is 1. The third-order valence-corrected chi connectivity index (χ3v) is 5.06. The summed E-state index contributed by atoms with van der Waals surface area (Å²) in [5.74, 6) is 1.81. The van der Waals surface area contributed by atoms with Gasteiger partial charge in [-0.1, -0.05) is 13.0 Å². The number of benzene rings is 1. The lowest BCUT2D eigenvalue weighted by Gasteiger charge is -2.29. The largest absolute Gasteiger partial charge is 0.508 e. The predicted octanol–water partition coefficient (Wildman–Crippen LogP) is 3.07. The highest BCUT2D eigenvalue weighted by Crippen LogP contribution is 2.45. The van der Waals surface area contributed by atoms with Gasteiger partial charge in [0.25, 0.3) is 0 Å². The van der Waals surface area contributed by atoms with Gasteiger partial charge in [-0.3, -0.25) is 0 Å². The standard InChI is InChI=1S/C16H23NO/c1-10-4-5-14-16(10)13-9-15(18)11(2)8-12(13)6-7-17(14)3/h8-10,14,16,18H,4-7H2,1-3H3/t10-,14?,16-/m1/s1. The van der Waals surface area contributed by atoms with Crippen molar-refractivity contribution in [1.82, 2.24) is 4.90 Å². The van der Waals surface area contributed by atoms with Crippen molar-refractivity contribution in [1.29, 1.82) is 0 Å². The summed E-state index contributed by atoms with van der Waals surface area (Å²) in [6, 6.07) is 4.92. The van der Waals surface area contributed by atoms with Gasteiger partial charge >= 0.3 is 0 Å². The first kappa shape index (κ1) is 12.0. The van der Waals surface area contributed by atoms with E-state index in [4.69, 9.17) is 0 Å².